The molecule has 0 spiro atoms. The van der Waals surface area contributed by atoms with E-state index in [4.69, 9.17) is 5.21 Å². The van der Waals surface area contributed by atoms with Crippen LogP contribution in [0.5, 0.6) is 0 Å². The van der Waals surface area contributed by atoms with Gasteiger partial charge in [-0.25, -0.2) is 8.78 Å². The van der Waals surface area contributed by atoms with Crippen molar-refractivity contribution in [2.24, 2.45) is 5.16 Å². The summed E-state index contributed by atoms with van der Waals surface area (Å²) in [6.07, 6.45) is 0.900. The van der Waals surface area contributed by atoms with Crippen LogP contribution in [-0.2, 0) is 6.54 Å². The molecule has 0 bridgehead atoms. The van der Waals surface area contributed by atoms with Crippen molar-refractivity contribution in [2.45, 2.75) is 6.54 Å². The van der Waals surface area contributed by atoms with Crippen LogP contribution in [0.2, 0.25) is 0 Å². The third-order valence-corrected chi connectivity index (χ3v) is 1.91. The van der Waals surface area contributed by atoms with Gasteiger partial charge in [-0.15, -0.1) is 0 Å². The lowest BCUT2D eigenvalue weighted by Gasteiger charge is -2.13. The highest BCUT2D eigenvalue weighted by atomic mass is 19.1. The molecule has 0 unspecified atom stereocenters. The largest absolute Gasteiger partial charge is 0.411 e. The molecule has 0 fully saturated rings. The Balaban J connectivity index is 3.24. The molecule has 1 aromatic rings. The minimum atomic E-state index is -0.606. The molecule has 0 aliphatic carbocycles. The predicted molar refractivity (Wildman–Crippen MR) is 53.1 cm³/mol. The molecule has 1 aromatic carbocycles. The van der Waals surface area contributed by atoms with Gasteiger partial charge in [0.1, 0.15) is 11.6 Å². The van der Waals surface area contributed by atoms with Gasteiger partial charge in [0.25, 0.3) is 0 Å². The molecule has 1 rings (SSSR count). The molecule has 0 saturated heterocycles. The predicted octanol–water partition coefficient (Wildman–Crippen LogP) is 1.83. The van der Waals surface area contributed by atoms with Crippen molar-refractivity contribution in [2.75, 3.05) is 14.1 Å². The van der Waals surface area contributed by atoms with Crippen LogP contribution >= 0.6 is 0 Å². The van der Waals surface area contributed by atoms with Crippen LogP contribution in [0.15, 0.2) is 17.3 Å². The summed E-state index contributed by atoms with van der Waals surface area (Å²) in [5, 5.41) is 11.1. The van der Waals surface area contributed by atoms with Gasteiger partial charge in [0.2, 0.25) is 0 Å². The van der Waals surface area contributed by atoms with Gasteiger partial charge in [-0.3, -0.25) is 0 Å². The van der Waals surface area contributed by atoms with Crippen molar-refractivity contribution in [1.29, 1.82) is 0 Å². The summed E-state index contributed by atoms with van der Waals surface area (Å²) in [7, 11) is 3.48. The molecule has 0 atom stereocenters. The van der Waals surface area contributed by atoms with Crippen molar-refractivity contribution in [3.8, 4) is 0 Å². The monoisotopic (exact) mass is 214 g/mol. The fourth-order valence-corrected chi connectivity index (χ4v) is 1.28. The van der Waals surface area contributed by atoms with E-state index in [1.165, 1.54) is 0 Å². The Hall–Kier alpha value is -1.49. The second-order valence-electron chi connectivity index (χ2n) is 3.40. The Bertz CT molecular complexity index is 378. The molecule has 0 saturated carbocycles. The Morgan fingerprint density at radius 1 is 1.33 bits per heavy atom. The van der Waals surface area contributed by atoms with Gasteiger partial charge in [-0.05, 0) is 26.2 Å². The van der Waals surface area contributed by atoms with E-state index in [9.17, 15) is 8.78 Å². The van der Waals surface area contributed by atoms with Gasteiger partial charge in [0.05, 0.1) is 6.21 Å². The van der Waals surface area contributed by atoms with Gasteiger partial charge in [-0.1, -0.05) is 5.16 Å². The van der Waals surface area contributed by atoms with Crippen molar-refractivity contribution in [1.82, 2.24) is 4.90 Å². The van der Waals surface area contributed by atoms with Gasteiger partial charge >= 0.3 is 0 Å². The van der Waals surface area contributed by atoms with Crippen LogP contribution in [0.3, 0.4) is 0 Å². The Kier molecular flexibility index (Phi) is 3.74. The van der Waals surface area contributed by atoms with Crippen LogP contribution in [0, 0.1) is 11.6 Å². The maximum absolute atomic E-state index is 13.4. The van der Waals surface area contributed by atoms with E-state index in [0.717, 1.165) is 18.3 Å². The summed E-state index contributed by atoms with van der Waals surface area (Å²) in [6.45, 7) is 0.241. The SMILES string of the molecule is CN(C)Cc1c(F)ccc(F)c1/C=N/O. The first-order chi connectivity index (χ1) is 7.06. The molecule has 15 heavy (non-hydrogen) atoms. The van der Waals surface area contributed by atoms with E-state index in [1.54, 1.807) is 19.0 Å². The van der Waals surface area contributed by atoms with E-state index in [2.05, 4.69) is 5.16 Å². The first kappa shape index (κ1) is 11.6. The van der Waals surface area contributed by atoms with Gasteiger partial charge in [0.15, 0.2) is 0 Å². The summed E-state index contributed by atoms with van der Waals surface area (Å²) >= 11 is 0. The highest BCUT2D eigenvalue weighted by Crippen LogP contribution is 2.17. The summed E-state index contributed by atoms with van der Waals surface area (Å²) in [4.78, 5) is 1.70. The van der Waals surface area contributed by atoms with Gasteiger partial charge < -0.3 is 10.1 Å². The molecule has 0 aliphatic heterocycles. The highest BCUT2D eigenvalue weighted by molar-refractivity contribution is 5.81. The molecular formula is C10H12F2N2O. The molecule has 3 nitrogen and oxygen atoms in total. The standard InChI is InChI=1S/C10H12F2N2O/c1-14(2)6-8-7(5-13-15)9(11)3-4-10(8)12/h3-5,15H,6H2,1-2H3/b13-5+. The van der Waals surface area contributed by atoms with Crippen molar-refractivity contribution >= 4 is 6.21 Å². The lowest BCUT2D eigenvalue weighted by atomic mass is 10.1. The van der Waals surface area contributed by atoms with Crippen molar-refractivity contribution in [3.05, 3.63) is 34.9 Å². The van der Waals surface area contributed by atoms with Crippen LogP contribution in [0.1, 0.15) is 11.1 Å². The third kappa shape index (κ3) is 2.73. The molecule has 5 heteroatoms. The van der Waals surface area contributed by atoms with Crippen LogP contribution in [0.25, 0.3) is 0 Å². The number of benzene rings is 1. The first-order valence-corrected chi connectivity index (χ1v) is 4.35. The molecule has 1 N–H and O–H groups in total. The minimum absolute atomic E-state index is 0.0220. The smallest absolute Gasteiger partial charge is 0.132 e. The Labute approximate surface area is 86.6 Å². The molecule has 0 heterocycles. The zero-order chi connectivity index (χ0) is 11.4. The third-order valence-electron chi connectivity index (χ3n) is 1.91. The number of oxime groups is 1. The van der Waals surface area contributed by atoms with E-state index in [-0.39, 0.29) is 17.7 Å². The second-order valence-corrected chi connectivity index (χ2v) is 3.40. The maximum atomic E-state index is 13.4. The molecule has 0 aromatic heterocycles. The van der Waals surface area contributed by atoms with Gasteiger partial charge in [0, 0.05) is 17.7 Å². The number of rotatable bonds is 3. The molecular weight excluding hydrogens is 202 g/mol. The first-order valence-electron chi connectivity index (χ1n) is 4.35. The fraction of sp³-hybridized carbons (Fsp3) is 0.300. The van der Waals surface area contributed by atoms with Crippen LogP contribution < -0.4 is 0 Å². The van der Waals surface area contributed by atoms with Gasteiger partial charge in [-0.2, -0.15) is 0 Å². The van der Waals surface area contributed by atoms with E-state index in [0.29, 0.717) is 0 Å². The number of hydrogen-bond acceptors (Lipinski definition) is 3. The lowest BCUT2D eigenvalue weighted by molar-refractivity contribution is 0.321. The maximum Gasteiger partial charge on any atom is 0.132 e. The van der Waals surface area contributed by atoms with Crippen LogP contribution in [-0.4, -0.2) is 30.4 Å². The average Bonchev–Trinajstić information content (AvgIpc) is 2.17. The zero-order valence-electron chi connectivity index (χ0n) is 8.54. The zero-order valence-corrected chi connectivity index (χ0v) is 8.54. The van der Waals surface area contributed by atoms with E-state index in [1.807, 2.05) is 0 Å². The summed E-state index contributed by atoms with van der Waals surface area (Å²) < 4.78 is 26.7. The average molecular weight is 214 g/mol. The summed E-state index contributed by atoms with van der Waals surface area (Å²) in [6, 6.07) is 2.06. The summed E-state index contributed by atoms with van der Waals surface area (Å²) in [5.41, 5.74) is 0.156. The molecule has 0 aliphatic rings. The minimum Gasteiger partial charge on any atom is -0.411 e. The number of nitrogens with zero attached hydrogens (tertiary/aromatic N) is 2. The highest BCUT2D eigenvalue weighted by Gasteiger charge is 2.12. The van der Waals surface area contributed by atoms with Crippen molar-refractivity contribution < 1.29 is 14.0 Å². The van der Waals surface area contributed by atoms with Crippen LogP contribution in [0.4, 0.5) is 8.78 Å². The number of halogens is 2. The molecule has 0 radical (unpaired) electrons. The number of hydrogen-bond donors (Lipinski definition) is 1. The quantitative estimate of drug-likeness (QED) is 0.473. The summed E-state index contributed by atoms with van der Waals surface area (Å²) in [5.74, 6) is -1.12. The Morgan fingerprint density at radius 3 is 2.47 bits per heavy atom. The molecule has 0 amide bonds. The van der Waals surface area contributed by atoms with E-state index >= 15 is 0 Å². The topological polar surface area (TPSA) is 35.8 Å². The lowest BCUT2D eigenvalue weighted by Crippen LogP contribution is -2.14. The second kappa shape index (κ2) is 4.84. The van der Waals surface area contributed by atoms with E-state index < -0.39 is 11.6 Å². The Morgan fingerprint density at radius 2 is 1.93 bits per heavy atom. The fourth-order valence-electron chi connectivity index (χ4n) is 1.28. The molecule has 82 valence electrons. The normalized spacial score (nSPS) is 11.5. The van der Waals surface area contributed by atoms with Crippen molar-refractivity contribution in [3.63, 3.8) is 0 Å².